The molecule has 7 heteroatoms. The minimum absolute atomic E-state index is 0.241. The molecule has 2 aromatic heterocycles. The summed E-state index contributed by atoms with van der Waals surface area (Å²) in [4.78, 5) is 27.7. The molecule has 4 rings (SSSR count). The van der Waals surface area contributed by atoms with E-state index < -0.39 is 0 Å². The van der Waals surface area contributed by atoms with Gasteiger partial charge in [-0.05, 0) is 18.2 Å². The van der Waals surface area contributed by atoms with Crippen LogP contribution in [0.5, 0.6) is 0 Å². The lowest BCUT2D eigenvalue weighted by Gasteiger charge is -2.18. The number of aromatic nitrogens is 4. The Hall–Kier alpha value is -3.74. The van der Waals surface area contributed by atoms with Crippen LogP contribution in [0.25, 0.3) is 16.5 Å². The summed E-state index contributed by atoms with van der Waals surface area (Å²) in [5.41, 5.74) is 1.51. The Morgan fingerprint density at radius 1 is 1.04 bits per heavy atom. The first kappa shape index (κ1) is 17.7. The second-order valence-electron chi connectivity index (χ2n) is 6.63. The van der Waals surface area contributed by atoms with Crippen molar-refractivity contribution in [3.63, 3.8) is 0 Å². The number of amides is 1. The molecule has 0 fully saturated rings. The van der Waals surface area contributed by atoms with Crippen LogP contribution in [0.3, 0.4) is 0 Å². The van der Waals surface area contributed by atoms with Crippen LogP contribution in [-0.2, 0) is 13.6 Å². The Bertz CT molecular complexity index is 1210. The van der Waals surface area contributed by atoms with Crippen molar-refractivity contribution in [2.24, 2.45) is 7.05 Å². The summed E-state index contributed by atoms with van der Waals surface area (Å²) in [6, 6.07) is 16.2. The van der Waals surface area contributed by atoms with Crippen molar-refractivity contribution in [3.05, 3.63) is 88.6 Å². The molecule has 0 spiro atoms. The predicted molar refractivity (Wildman–Crippen MR) is 106 cm³/mol. The number of hydrogen-bond donors (Lipinski definition) is 0. The van der Waals surface area contributed by atoms with Gasteiger partial charge < -0.3 is 4.90 Å². The van der Waals surface area contributed by atoms with Crippen LogP contribution in [0.4, 0.5) is 0 Å². The molecule has 2 heterocycles. The van der Waals surface area contributed by atoms with E-state index in [4.69, 9.17) is 0 Å². The van der Waals surface area contributed by atoms with Gasteiger partial charge in [-0.15, -0.1) is 0 Å². The van der Waals surface area contributed by atoms with Crippen LogP contribution in [0.2, 0.25) is 0 Å². The highest BCUT2D eigenvalue weighted by Gasteiger charge is 2.21. The number of rotatable bonds is 4. The Labute approximate surface area is 161 Å². The maximum absolute atomic E-state index is 13.2. The lowest BCUT2D eigenvalue weighted by Crippen LogP contribution is -2.31. The smallest absolute Gasteiger partial charge is 0.279 e. The van der Waals surface area contributed by atoms with Gasteiger partial charge in [-0.2, -0.15) is 14.9 Å². The third-order valence-corrected chi connectivity index (χ3v) is 4.53. The summed E-state index contributed by atoms with van der Waals surface area (Å²) in [5.74, 6) is -0.260. The predicted octanol–water partition coefficient (Wildman–Crippen LogP) is 2.39. The summed E-state index contributed by atoms with van der Waals surface area (Å²) in [7, 11) is 3.54. The zero-order valence-corrected chi connectivity index (χ0v) is 15.6. The SMILES string of the molecule is CN(Cc1cnn(C)c1)C(=O)c1nn(-c2ccccc2)c(=O)c2ccccc12. The van der Waals surface area contributed by atoms with E-state index in [1.165, 1.54) is 4.68 Å². The van der Waals surface area contributed by atoms with Crippen molar-refractivity contribution in [2.75, 3.05) is 7.05 Å². The Morgan fingerprint density at radius 2 is 1.71 bits per heavy atom. The molecule has 4 aromatic rings. The Balaban J connectivity index is 1.82. The summed E-state index contributed by atoms with van der Waals surface area (Å²) in [6.45, 7) is 0.396. The van der Waals surface area contributed by atoms with E-state index in [2.05, 4.69) is 10.2 Å². The highest BCUT2D eigenvalue weighted by Crippen LogP contribution is 2.17. The number of hydrogen-bond acceptors (Lipinski definition) is 4. The van der Waals surface area contributed by atoms with E-state index in [9.17, 15) is 9.59 Å². The number of carbonyl (C=O) groups is 1. The first-order valence-electron chi connectivity index (χ1n) is 8.85. The zero-order valence-electron chi connectivity index (χ0n) is 15.6. The van der Waals surface area contributed by atoms with Crippen LogP contribution in [-0.4, -0.2) is 37.4 Å². The molecule has 1 amide bonds. The normalized spacial score (nSPS) is 10.9. The second-order valence-corrected chi connectivity index (χ2v) is 6.63. The first-order valence-corrected chi connectivity index (χ1v) is 8.85. The van der Waals surface area contributed by atoms with E-state index in [0.717, 1.165) is 5.56 Å². The maximum atomic E-state index is 13.2. The van der Waals surface area contributed by atoms with Gasteiger partial charge in [0.1, 0.15) is 0 Å². The van der Waals surface area contributed by atoms with Crippen molar-refractivity contribution in [3.8, 4) is 5.69 Å². The third kappa shape index (κ3) is 3.18. The van der Waals surface area contributed by atoms with Crippen LogP contribution in [0.1, 0.15) is 16.1 Å². The molecule has 0 aliphatic carbocycles. The average Bonchev–Trinajstić information content (AvgIpc) is 3.13. The summed E-state index contributed by atoms with van der Waals surface area (Å²) < 4.78 is 2.98. The van der Waals surface area contributed by atoms with E-state index in [1.54, 1.807) is 59.2 Å². The lowest BCUT2D eigenvalue weighted by molar-refractivity contribution is 0.0779. The monoisotopic (exact) mass is 373 g/mol. The van der Waals surface area contributed by atoms with Gasteiger partial charge in [-0.3, -0.25) is 14.3 Å². The van der Waals surface area contributed by atoms with Gasteiger partial charge in [-0.25, -0.2) is 0 Å². The summed E-state index contributed by atoms with van der Waals surface area (Å²) in [5, 5.41) is 9.57. The fraction of sp³-hybridized carbons (Fsp3) is 0.143. The van der Waals surface area contributed by atoms with E-state index in [1.807, 2.05) is 31.4 Å². The molecule has 0 bridgehead atoms. The number of carbonyl (C=O) groups excluding carboxylic acids is 1. The molecule has 7 nitrogen and oxygen atoms in total. The van der Waals surface area contributed by atoms with Crippen LogP contribution < -0.4 is 5.56 Å². The van der Waals surface area contributed by atoms with Crippen LogP contribution >= 0.6 is 0 Å². The van der Waals surface area contributed by atoms with Gasteiger partial charge >= 0.3 is 0 Å². The van der Waals surface area contributed by atoms with Gasteiger partial charge in [-0.1, -0.05) is 36.4 Å². The van der Waals surface area contributed by atoms with Crippen LogP contribution in [0.15, 0.2) is 71.8 Å². The van der Waals surface area contributed by atoms with E-state index in [-0.39, 0.29) is 17.2 Å². The number of para-hydroxylation sites is 1. The molecule has 0 aliphatic rings. The fourth-order valence-electron chi connectivity index (χ4n) is 3.17. The summed E-state index contributed by atoms with van der Waals surface area (Å²) in [6.07, 6.45) is 3.58. The Morgan fingerprint density at radius 3 is 2.39 bits per heavy atom. The molecular formula is C21H19N5O2. The van der Waals surface area contributed by atoms with Crippen LogP contribution in [0, 0.1) is 0 Å². The molecule has 0 aliphatic heterocycles. The molecule has 0 saturated heterocycles. The van der Waals surface area contributed by atoms with Crippen molar-refractivity contribution in [2.45, 2.75) is 6.54 Å². The third-order valence-electron chi connectivity index (χ3n) is 4.53. The maximum Gasteiger partial charge on any atom is 0.279 e. The molecule has 0 saturated carbocycles. The largest absolute Gasteiger partial charge is 0.336 e. The number of aryl methyl sites for hydroxylation is 1. The number of nitrogens with zero attached hydrogens (tertiary/aromatic N) is 5. The number of fused-ring (bicyclic) bond motifs is 1. The summed E-state index contributed by atoms with van der Waals surface area (Å²) >= 11 is 0. The van der Waals surface area contributed by atoms with Crippen molar-refractivity contribution in [1.29, 1.82) is 0 Å². The Kier molecular flexibility index (Phi) is 4.49. The zero-order chi connectivity index (χ0) is 19.7. The van der Waals surface area contributed by atoms with Gasteiger partial charge in [0.15, 0.2) is 5.69 Å². The van der Waals surface area contributed by atoms with E-state index >= 15 is 0 Å². The fourth-order valence-corrected chi connectivity index (χ4v) is 3.17. The minimum atomic E-state index is -0.260. The molecule has 0 atom stereocenters. The molecular weight excluding hydrogens is 354 g/mol. The van der Waals surface area contributed by atoms with Gasteiger partial charge in [0.25, 0.3) is 11.5 Å². The molecule has 28 heavy (non-hydrogen) atoms. The molecule has 0 N–H and O–H groups in total. The standard InChI is InChI=1S/C21H19N5O2/c1-24(13-15-12-22-25(2)14-15)21(28)19-17-10-6-7-11-18(17)20(27)26(23-19)16-8-4-3-5-9-16/h3-12,14H,13H2,1-2H3. The highest BCUT2D eigenvalue weighted by molar-refractivity contribution is 6.04. The van der Waals surface area contributed by atoms with E-state index in [0.29, 0.717) is 23.0 Å². The van der Waals surface area contributed by atoms with Crippen molar-refractivity contribution in [1.82, 2.24) is 24.5 Å². The molecule has 0 unspecified atom stereocenters. The van der Waals surface area contributed by atoms with Gasteiger partial charge in [0.05, 0.1) is 17.3 Å². The minimum Gasteiger partial charge on any atom is -0.336 e. The quantitative estimate of drug-likeness (QED) is 0.551. The van der Waals surface area contributed by atoms with Gasteiger partial charge in [0, 0.05) is 37.8 Å². The molecule has 0 radical (unpaired) electrons. The molecule has 2 aromatic carbocycles. The van der Waals surface area contributed by atoms with Crippen molar-refractivity contribution >= 4 is 16.7 Å². The molecule has 140 valence electrons. The van der Waals surface area contributed by atoms with Gasteiger partial charge in [0.2, 0.25) is 0 Å². The first-order chi connectivity index (χ1) is 13.5. The highest BCUT2D eigenvalue weighted by atomic mass is 16.2. The van der Waals surface area contributed by atoms with Crippen molar-refractivity contribution < 1.29 is 4.79 Å². The average molecular weight is 373 g/mol. The number of benzene rings is 2. The second kappa shape index (κ2) is 7.11. The lowest BCUT2D eigenvalue weighted by atomic mass is 10.1. The topological polar surface area (TPSA) is 73.0 Å².